The second-order valence-corrected chi connectivity index (χ2v) is 2.93. The van der Waals surface area contributed by atoms with Crippen LogP contribution in [-0.4, -0.2) is 13.2 Å². The summed E-state index contributed by atoms with van der Waals surface area (Å²) in [5.74, 6) is 0.285. The number of ether oxygens (including phenoxy) is 1. The minimum atomic E-state index is -0.327. The SMILES string of the molecule is CCOc1ccc(F)cc1C=CCN=[N+]=[N-]. The first-order valence-electron chi connectivity index (χ1n) is 4.87. The zero-order chi connectivity index (χ0) is 11.8. The molecule has 0 saturated heterocycles. The molecule has 0 aliphatic rings. The molecule has 1 aromatic rings. The van der Waals surface area contributed by atoms with Crippen molar-refractivity contribution in [2.75, 3.05) is 13.2 Å². The van der Waals surface area contributed by atoms with Gasteiger partial charge in [-0.2, -0.15) is 0 Å². The fourth-order valence-corrected chi connectivity index (χ4v) is 1.20. The van der Waals surface area contributed by atoms with Crippen LogP contribution in [0.3, 0.4) is 0 Å². The largest absolute Gasteiger partial charge is 0.493 e. The topological polar surface area (TPSA) is 58.0 Å². The summed E-state index contributed by atoms with van der Waals surface area (Å²) < 4.78 is 18.3. The first-order chi connectivity index (χ1) is 7.77. The van der Waals surface area contributed by atoms with E-state index in [1.165, 1.54) is 12.1 Å². The van der Waals surface area contributed by atoms with E-state index in [4.69, 9.17) is 10.3 Å². The zero-order valence-electron chi connectivity index (χ0n) is 8.93. The Bertz CT molecular complexity index is 425. The first kappa shape index (κ1) is 12.1. The van der Waals surface area contributed by atoms with Gasteiger partial charge in [-0.15, -0.1) is 0 Å². The quantitative estimate of drug-likeness (QED) is 0.426. The van der Waals surface area contributed by atoms with Gasteiger partial charge in [-0.25, -0.2) is 4.39 Å². The Morgan fingerprint density at radius 3 is 3.06 bits per heavy atom. The van der Waals surface area contributed by atoms with Crippen LogP contribution in [0.2, 0.25) is 0 Å². The van der Waals surface area contributed by atoms with Gasteiger partial charge in [-0.1, -0.05) is 17.3 Å². The summed E-state index contributed by atoms with van der Waals surface area (Å²) in [6, 6.07) is 4.29. The lowest BCUT2D eigenvalue weighted by Gasteiger charge is -2.06. The molecule has 4 nitrogen and oxygen atoms in total. The lowest BCUT2D eigenvalue weighted by Crippen LogP contribution is -1.94. The summed E-state index contributed by atoms with van der Waals surface area (Å²) in [7, 11) is 0. The fourth-order valence-electron chi connectivity index (χ4n) is 1.20. The highest BCUT2D eigenvalue weighted by Gasteiger charge is 2.01. The normalized spacial score (nSPS) is 10.1. The summed E-state index contributed by atoms with van der Waals surface area (Å²) >= 11 is 0. The molecule has 0 spiro atoms. The van der Waals surface area contributed by atoms with Crippen LogP contribution >= 0.6 is 0 Å². The van der Waals surface area contributed by atoms with E-state index in [1.54, 1.807) is 18.2 Å². The third-order valence-electron chi connectivity index (χ3n) is 1.82. The van der Waals surface area contributed by atoms with E-state index in [-0.39, 0.29) is 12.4 Å². The molecule has 0 fully saturated rings. The third kappa shape index (κ3) is 3.63. The highest BCUT2D eigenvalue weighted by molar-refractivity contribution is 5.57. The van der Waals surface area contributed by atoms with Gasteiger partial charge in [0.15, 0.2) is 0 Å². The average molecular weight is 221 g/mol. The van der Waals surface area contributed by atoms with Gasteiger partial charge in [0.1, 0.15) is 11.6 Å². The second kappa shape index (κ2) is 6.48. The number of azide groups is 1. The molecule has 0 unspecified atom stereocenters. The Hall–Kier alpha value is -2.00. The van der Waals surface area contributed by atoms with E-state index in [9.17, 15) is 4.39 Å². The molecule has 0 radical (unpaired) electrons. The molecule has 0 N–H and O–H groups in total. The van der Waals surface area contributed by atoms with Gasteiger partial charge in [0, 0.05) is 17.0 Å². The van der Waals surface area contributed by atoms with Gasteiger partial charge in [0.05, 0.1) is 6.61 Å². The van der Waals surface area contributed by atoms with Crippen LogP contribution in [0.4, 0.5) is 4.39 Å². The highest BCUT2D eigenvalue weighted by atomic mass is 19.1. The monoisotopic (exact) mass is 221 g/mol. The maximum Gasteiger partial charge on any atom is 0.126 e. The van der Waals surface area contributed by atoms with Crippen LogP contribution in [0, 0.1) is 5.82 Å². The van der Waals surface area contributed by atoms with Crippen LogP contribution in [0.5, 0.6) is 5.75 Å². The Kier molecular flexibility index (Phi) is 4.89. The van der Waals surface area contributed by atoms with Crippen molar-refractivity contribution in [2.24, 2.45) is 5.11 Å². The molecule has 0 saturated carbocycles. The number of benzene rings is 1. The summed E-state index contributed by atoms with van der Waals surface area (Å²) in [6.45, 7) is 2.61. The third-order valence-corrected chi connectivity index (χ3v) is 1.82. The van der Waals surface area contributed by atoms with Gasteiger partial charge in [0.2, 0.25) is 0 Å². The minimum Gasteiger partial charge on any atom is -0.493 e. The standard InChI is InChI=1S/C11H12FN3O/c1-2-16-11-6-5-10(12)8-9(11)4-3-7-14-15-13/h3-6,8H,2,7H2,1H3. The molecule has 0 atom stereocenters. The molecule has 16 heavy (non-hydrogen) atoms. The van der Waals surface area contributed by atoms with Crippen LogP contribution in [0.15, 0.2) is 29.4 Å². The Morgan fingerprint density at radius 2 is 2.38 bits per heavy atom. The molecular weight excluding hydrogens is 209 g/mol. The van der Waals surface area contributed by atoms with E-state index < -0.39 is 0 Å². The van der Waals surface area contributed by atoms with E-state index in [1.807, 2.05) is 6.92 Å². The predicted octanol–water partition coefficient (Wildman–Crippen LogP) is 3.55. The van der Waals surface area contributed by atoms with E-state index >= 15 is 0 Å². The summed E-state index contributed by atoms with van der Waals surface area (Å²) in [5.41, 5.74) is 8.72. The molecule has 5 heteroatoms. The van der Waals surface area contributed by atoms with Crippen molar-refractivity contribution in [1.29, 1.82) is 0 Å². The minimum absolute atomic E-state index is 0.235. The zero-order valence-corrected chi connectivity index (χ0v) is 8.93. The van der Waals surface area contributed by atoms with Crippen molar-refractivity contribution in [3.63, 3.8) is 0 Å². The van der Waals surface area contributed by atoms with Gasteiger partial charge < -0.3 is 4.74 Å². The molecule has 84 valence electrons. The number of hydrogen-bond acceptors (Lipinski definition) is 2. The lowest BCUT2D eigenvalue weighted by molar-refractivity contribution is 0.339. The van der Waals surface area contributed by atoms with Crippen LogP contribution < -0.4 is 4.74 Å². The van der Waals surface area contributed by atoms with Gasteiger partial charge in [0.25, 0.3) is 0 Å². The Morgan fingerprint density at radius 1 is 1.56 bits per heavy atom. The smallest absolute Gasteiger partial charge is 0.126 e. The molecule has 0 aliphatic carbocycles. The summed E-state index contributed by atoms with van der Waals surface area (Å²) in [5, 5.41) is 3.34. The summed E-state index contributed by atoms with van der Waals surface area (Å²) in [4.78, 5) is 2.61. The van der Waals surface area contributed by atoms with Crippen molar-refractivity contribution in [1.82, 2.24) is 0 Å². The van der Waals surface area contributed by atoms with E-state index in [0.29, 0.717) is 17.9 Å². The van der Waals surface area contributed by atoms with Crippen molar-refractivity contribution in [2.45, 2.75) is 6.92 Å². The van der Waals surface area contributed by atoms with Crippen molar-refractivity contribution in [3.05, 3.63) is 46.1 Å². The van der Waals surface area contributed by atoms with Crippen LogP contribution in [-0.2, 0) is 0 Å². The molecule has 0 aromatic heterocycles. The average Bonchev–Trinajstić information content (AvgIpc) is 2.28. The van der Waals surface area contributed by atoms with E-state index in [2.05, 4.69) is 10.0 Å². The van der Waals surface area contributed by atoms with Crippen LogP contribution in [0.25, 0.3) is 16.5 Å². The maximum atomic E-state index is 13.0. The van der Waals surface area contributed by atoms with Gasteiger partial charge in [-0.3, -0.25) is 0 Å². The fraction of sp³-hybridized carbons (Fsp3) is 0.273. The van der Waals surface area contributed by atoms with Crippen molar-refractivity contribution in [3.8, 4) is 5.75 Å². The molecule has 0 heterocycles. The van der Waals surface area contributed by atoms with E-state index in [0.717, 1.165) is 0 Å². The highest BCUT2D eigenvalue weighted by Crippen LogP contribution is 2.21. The molecule has 0 bridgehead atoms. The Balaban J connectivity index is 2.86. The molecule has 1 aromatic carbocycles. The molecule has 0 amide bonds. The summed E-state index contributed by atoms with van der Waals surface area (Å²) in [6.07, 6.45) is 3.32. The van der Waals surface area contributed by atoms with Gasteiger partial charge >= 0.3 is 0 Å². The first-order valence-corrected chi connectivity index (χ1v) is 4.87. The van der Waals surface area contributed by atoms with Crippen molar-refractivity contribution < 1.29 is 9.13 Å². The number of hydrogen-bond donors (Lipinski definition) is 0. The molecule has 0 aliphatic heterocycles. The second-order valence-electron chi connectivity index (χ2n) is 2.93. The van der Waals surface area contributed by atoms with Gasteiger partial charge in [-0.05, 0) is 30.7 Å². The lowest BCUT2D eigenvalue weighted by atomic mass is 10.2. The Labute approximate surface area is 93.0 Å². The number of halogens is 1. The molecule has 1 rings (SSSR count). The predicted molar refractivity (Wildman–Crippen MR) is 60.6 cm³/mol. The van der Waals surface area contributed by atoms with Crippen LogP contribution in [0.1, 0.15) is 12.5 Å². The maximum absolute atomic E-state index is 13.0. The number of rotatable bonds is 5. The van der Waals surface area contributed by atoms with Crippen molar-refractivity contribution >= 4 is 6.08 Å². The molecular formula is C11H12FN3O. The number of nitrogens with zero attached hydrogens (tertiary/aromatic N) is 3.